The van der Waals surface area contributed by atoms with Gasteiger partial charge in [0.15, 0.2) is 0 Å². The summed E-state index contributed by atoms with van der Waals surface area (Å²) in [5.41, 5.74) is 0. The number of hydrogen-bond acceptors (Lipinski definition) is 7. The number of ether oxygens (including phenoxy) is 3. The van der Waals surface area contributed by atoms with Crippen LogP contribution in [0.5, 0.6) is 0 Å². The molecule has 0 aliphatic carbocycles. The lowest BCUT2D eigenvalue weighted by Crippen LogP contribution is -2.53. The van der Waals surface area contributed by atoms with Crippen LogP contribution in [0.1, 0.15) is 6.92 Å². The first-order valence-corrected chi connectivity index (χ1v) is 12.5. The molecule has 3 saturated heterocycles. The summed E-state index contributed by atoms with van der Waals surface area (Å²) < 4.78 is 42.0. The van der Waals surface area contributed by atoms with Crippen LogP contribution in [0.3, 0.4) is 0 Å². The zero-order chi connectivity index (χ0) is 20.9. The van der Waals surface area contributed by atoms with E-state index in [1.807, 2.05) is 17.2 Å². The van der Waals surface area contributed by atoms with Gasteiger partial charge in [0.05, 0.1) is 25.4 Å². The standard InChI is InChI=1S/C17H37B2N4O5P/c1-3-21-8-14(27-16(18)10-21)13-26-29(24,22-6-4-20-5-7-22)23-9-15(12-25-2)28-17(19)11-23/h14-17,20H,3-13,18-19H2,1-2H3. The van der Waals surface area contributed by atoms with E-state index in [2.05, 4.69) is 25.0 Å². The Hall–Kier alpha value is 0.0399. The number of nitrogens with one attached hydrogen (secondary N) is 1. The molecule has 3 rings (SSSR count). The molecular formula is C17H37B2N4O5P. The van der Waals surface area contributed by atoms with Crippen molar-refractivity contribution in [2.24, 2.45) is 0 Å². The Morgan fingerprint density at radius 2 is 1.66 bits per heavy atom. The summed E-state index contributed by atoms with van der Waals surface area (Å²) in [4.78, 5) is 2.36. The Balaban J connectivity index is 1.72. The second kappa shape index (κ2) is 11.1. The molecule has 0 spiro atoms. The van der Waals surface area contributed by atoms with Gasteiger partial charge in [-0.25, -0.2) is 9.34 Å². The minimum Gasteiger partial charge on any atom is -0.382 e. The highest BCUT2D eigenvalue weighted by Gasteiger charge is 2.44. The Bertz CT molecular complexity index is 560. The summed E-state index contributed by atoms with van der Waals surface area (Å²) in [5, 5.41) is 3.34. The summed E-state index contributed by atoms with van der Waals surface area (Å²) in [6.07, 6.45) is -0.173. The molecule has 29 heavy (non-hydrogen) atoms. The van der Waals surface area contributed by atoms with Gasteiger partial charge in [-0.1, -0.05) is 6.92 Å². The van der Waals surface area contributed by atoms with Gasteiger partial charge in [-0.2, -0.15) is 0 Å². The van der Waals surface area contributed by atoms with Crippen molar-refractivity contribution in [2.75, 3.05) is 79.2 Å². The molecule has 12 heteroatoms. The quantitative estimate of drug-likeness (QED) is 0.348. The third-order valence-electron chi connectivity index (χ3n) is 5.75. The molecule has 0 aromatic heterocycles. The fraction of sp³-hybridized carbons (Fsp3) is 1.00. The van der Waals surface area contributed by atoms with Crippen LogP contribution in [-0.4, -0.2) is 133 Å². The average molecular weight is 430 g/mol. The van der Waals surface area contributed by atoms with Gasteiger partial charge >= 0.3 is 7.67 Å². The van der Waals surface area contributed by atoms with Crippen LogP contribution in [0.2, 0.25) is 0 Å². The van der Waals surface area contributed by atoms with E-state index in [0.29, 0.717) is 39.4 Å². The molecule has 5 atom stereocenters. The van der Waals surface area contributed by atoms with Gasteiger partial charge in [-0.15, -0.1) is 0 Å². The smallest absolute Gasteiger partial charge is 0.346 e. The molecule has 166 valence electrons. The van der Waals surface area contributed by atoms with Crippen molar-refractivity contribution < 1.29 is 23.3 Å². The minimum absolute atomic E-state index is 0.0229. The number of rotatable bonds is 8. The second-order valence-corrected chi connectivity index (χ2v) is 10.7. The normalized spacial score (nSPS) is 35.4. The SMILES string of the molecule is BC1CN(CC)CC(COP(=O)(N2CCNCC2)N2CC(B)OC(COC)C2)O1. The minimum atomic E-state index is -3.19. The van der Waals surface area contributed by atoms with E-state index in [0.717, 1.165) is 32.7 Å². The van der Waals surface area contributed by atoms with Crippen LogP contribution in [-0.2, 0) is 23.3 Å². The van der Waals surface area contributed by atoms with Crippen LogP contribution in [0, 0.1) is 0 Å². The predicted octanol–water partition coefficient (Wildman–Crippen LogP) is -2.00. The summed E-state index contributed by atoms with van der Waals surface area (Å²) in [6.45, 7) is 9.89. The number of morpholine rings is 2. The van der Waals surface area contributed by atoms with Crippen LogP contribution >= 0.6 is 7.67 Å². The highest BCUT2D eigenvalue weighted by atomic mass is 31.2. The molecule has 1 N–H and O–H groups in total. The molecule has 5 unspecified atom stereocenters. The topological polar surface area (TPSA) is 75.7 Å². The Morgan fingerprint density at radius 1 is 1.00 bits per heavy atom. The van der Waals surface area contributed by atoms with Gasteiger partial charge in [-0.05, 0) is 6.54 Å². The fourth-order valence-electron chi connectivity index (χ4n) is 4.42. The van der Waals surface area contributed by atoms with Gasteiger partial charge in [0.25, 0.3) is 0 Å². The third-order valence-corrected chi connectivity index (χ3v) is 8.39. The zero-order valence-electron chi connectivity index (χ0n) is 18.4. The lowest BCUT2D eigenvalue weighted by molar-refractivity contribution is -0.0761. The monoisotopic (exact) mass is 430 g/mol. The largest absolute Gasteiger partial charge is 0.382 e. The number of hydrogen-bond donors (Lipinski definition) is 1. The molecule has 3 heterocycles. The van der Waals surface area contributed by atoms with E-state index in [1.165, 1.54) is 0 Å². The summed E-state index contributed by atoms with van der Waals surface area (Å²) >= 11 is 0. The maximum Gasteiger partial charge on any atom is 0.346 e. The number of methoxy groups -OCH3 is 1. The van der Waals surface area contributed by atoms with Crippen molar-refractivity contribution in [1.29, 1.82) is 0 Å². The Morgan fingerprint density at radius 3 is 2.31 bits per heavy atom. The van der Waals surface area contributed by atoms with Crippen LogP contribution in [0.25, 0.3) is 0 Å². The van der Waals surface area contributed by atoms with Crippen molar-refractivity contribution in [3.8, 4) is 0 Å². The molecule has 9 nitrogen and oxygen atoms in total. The first-order chi connectivity index (χ1) is 13.9. The molecule has 0 amide bonds. The maximum atomic E-state index is 14.3. The number of likely N-dealkylation sites (N-methyl/N-ethyl adjacent to an activating group) is 1. The van der Waals surface area contributed by atoms with Crippen molar-refractivity contribution in [3.05, 3.63) is 0 Å². The first-order valence-electron chi connectivity index (χ1n) is 10.9. The zero-order valence-corrected chi connectivity index (χ0v) is 19.3. The summed E-state index contributed by atoms with van der Waals surface area (Å²) in [7, 11) is 2.58. The Kier molecular flexibility index (Phi) is 9.04. The first kappa shape index (κ1) is 23.7. The third kappa shape index (κ3) is 6.28. The van der Waals surface area contributed by atoms with Crippen LogP contribution in [0.15, 0.2) is 0 Å². The van der Waals surface area contributed by atoms with Crippen molar-refractivity contribution in [3.63, 3.8) is 0 Å². The highest BCUT2D eigenvalue weighted by Crippen LogP contribution is 2.55. The fourth-order valence-corrected chi connectivity index (χ4v) is 7.00. The van der Waals surface area contributed by atoms with E-state index in [9.17, 15) is 4.57 Å². The van der Waals surface area contributed by atoms with Crippen LogP contribution in [0.4, 0.5) is 0 Å². The van der Waals surface area contributed by atoms with Crippen molar-refractivity contribution in [1.82, 2.24) is 19.6 Å². The molecule has 3 aliphatic rings. The van der Waals surface area contributed by atoms with Crippen LogP contribution < -0.4 is 5.32 Å². The molecule has 0 aromatic carbocycles. The molecule has 3 fully saturated rings. The van der Waals surface area contributed by atoms with Gasteiger partial charge in [-0.3, -0.25) is 9.46 Å². The molecule has 0 aromatic rings. The van der Waals surface area contributed by atoms with E-state index in [1.54, 1.807) is 7.11 Å². The molecule has 0 bridgehead atoms. The van der Waals surface area contributed by atoms with Crippen molar-refractivity contribution in [2.45, 2.75) is 31.1 Å². The van der Waals surface area contributed by atoms with Gasteiger partial charge in [0.1, 0.15) is 15.7 Å². The van der Waals surface area contributed by atoms with E-state index < -0.39 is 7.67 Å². The Labute approximate surface area is 177 Å². The summed E-state index contributed by atoms with van der Waals surface area (Å²) in [6, 6.07) is 0.135. The number of nitrogens with zero attached hydrogens (tertiary/aromatic N) is 3. The van der Waals surface area contributed by atoms with Gasteiger partial charge in [0.2, 0.25) is 0 Å². The predicted molar refractivity (Wildman–Crippen MR) is 118 cm³/mol. The second-order valence-electron chi connectivity index (χ2n) is 8.31. The maximum absolute atomic E-state index is 14.3. The van der Waals surface area contributed by atoms with Gasteiger partial charge < -0.3 is 24.1 Å². The molecule has 3 aliphatic heterocycles. The van der Waals surface area contributed by atoms with Gasteiger partial charge in [0, 0.05) is 71.5 Å². The lowest BCUT2D eigenvalue weighted by atomic mass is 9.97. The average Bonchev–Trinajstić information content (AvgIpc) is 2.72. The lowest BCUT2D eigenvalue weighted by Gasteiger charge is -2.45. The number of piperazine rings is 1. The van der Waals surface area contributed by atoms with E-state index in [4.69, 9.17) is 18.7 Å². The van der Waals surface area contributed by atoms with E-state index in [-0.39, 0.29) is 24.2 Å². The molecule has 0 radical (unpaired) electrons. The molecule has 0 saturated carbocycles. The van der Waals surface area contributed by atoms with Crippen molar-refractivity contribution >= 4 is 23.4 Å². The molecular weight excluding hydrogens is 393 g/mol. The highest BCUT2D eigenvalue weighted by molar-refractivity contribution is 7.54. The van der Waals surface area contributed by atoms with E-state index >= 15 is 0 Å². The summed E-state index contributed by atoms with van der Waals surface area (Å²) in [5.74, 6) is 0.